The summed E-state index contributed by atoms with van der Waals surface area (Å²) >= 11 is 0. The maximum absolute atomic E-state index is 10.5. The smallest absolute Gasteiger partial charge is 0.109 e. The molecule has 1 fully saturated rings. The summed E-state index contributed by atoms with van der Waals surface area (Å²) in [6.07, 6.45) is 0.453. The number of aliphatic hydroxyl groups is 1. The maximum Gasteiger partial charge on any atom is 0.109 e. The van der Waals surface area contributed by atoms with Gasteiger partial charge in [0.25, 0.3) is 0 Å². The van der Waals surface area contributed by atoms with Gasteiger partial charge < -0.3 is 9.84 Å². The Morgan fingerprint density at radius 2 is 1.52 bits per heavy atom. The number of rotatable bonds is 6. The molecule has 0 radical (unpaired) electrons. The molecular formula is C20H34O2Si. The minimum Gasteiger partial charge on any atom is -0.390 e. The molecule has 0 bridgehead atoms. The van der Waals surface area contributed by atoms with Gasteiger partial charge in [-0.3, -0.25) is 0 Å². The third-order valence-electron chi connectivity index (χ3n) is 6.13. The molecular weight excluding hydrogens is 300 g/mol. The van der Waals surface area contributed by atoms with Crippen LogP contribution in [0.15, 0.2) is 30.3 Å². The molecule has 1 heterocycles. The number of ether oxygens (including phenoxy) is 1. The van der Waals surface area contributed by atoms with Crippen molar-refractivity contribution < 1.29 is 9.84 Å². The average Bonchev–Trinajstić information content (AvgIpc) is 2.85. The Morgan fingerprint density at radius 1 is 1.00 bits per heavy atom. The molecule has 1 saturated heterocycles. The van der Waals surface area contributed by atoms with Gasteiger partial charge in [0.05, 0.1) is 20.3 Å². The van der Waals surface area contributed by atoms with E-state index in [2.05, 4.69) is 53.7 Å². The molecule has 3 atom stereocenters. The van der Waals surface area contributed by atoms with Crippen LogP contribution < -0.4 is 0 Å². The highest BCUT2D eigenvalue weighted by molar-refractivity contribution is 6.83. The lowest BCUT2D eigenvalue weighted by molar-refractivity contribution is 0.0144. The Morgan fingerprint density at radius 3 is 2.00 bits per heavy atom. The summed E-state index contributed by atoms with van der Waals surface area (Å²) in [4.78, 5) is 0. The zero-order valence-corrected chi connectivity index (χ0v) is 16.6. The standard InChI is InChI=1S/C20H34O2Si/c1-14(2)23(15(3)4,16(5)6)13-18-12-19(21)20(22-18)17-10-8-7-9-11-17/h7-11,14-16,18-21H,12-13H2,1-6H3/t18-,19-,20+/m1/s1. The lowest BCUT2D eigenvalue weighted by Crippen LogP contribution is -2.46. The second-order valence-corrected chi connectivity index (χ2v) is 14.3. The molecule has 1 aliphatic heterocycles. The van der Waals surface area contributed by atoms with E-state index in [1.54, 1.807) is 0 Å². The minimum absolute atomic E-state index is 0.153. The van der Waals surface area contributed by atoms with Gasteiger partial charge in [0.15, 0.2) is 0 Å². The van der Waals surface area contributed by atoms with Crippen molar-refractivity contribution in [2.45, 2.75) is 88.9 Å². The van der Waals surface area contributed by atoms with Crippen molar-refractivity contribution >= 4 is 8.07 Å². The van der Waals surface area contributed by atoms with Gasteiger partial charge in [-0.15, -0.1) is 0 Å². The van der Waals surface area contributed by atoms with Crippen LogP contribution in [0.1, 0.15) is 59.6 Å². The van der Waals surface area contributed by atoms with Gasteiger partial charge in [-0.1, -0.05) is 88.5 Å². The topological polar surface area (TPSA) is 29.5 Å². The Hall–Kier alpha value is -0.643. The van der Waals surface area contributed by atoms with Crippen molar-refractivity contribution in [1.29, 1.82) is 0 Å². The van der Waals surface area contributed by atoms with Crippen LogP contribution in [0, 0.1) is 0 Å². The Labute approximate surface area is 143 Å². The summed E-state index contributed by atoms with van der Waals surface area (Å²) in [5.74, 6) is 0. The van der Waals surface area contributed by atoms with Crippen molar-refractivity contribution in [1.82, 2.24) is 0 Å². The third-order valence-corrected chi connectivity index (χ3v) is 13.7. The van der Waals surface area contributed by atoms with E-state index in [0.717, 1.165) is 28.6 Å². The van der Waals surface area contributed by atoms with Crippen LogP contribution >= 0.6 is 0 Å². The van der Waals surface area contributed by atoms with Crippen molar-refractivity contribution in [2.24, 2.45) is 0 Å². The lowest BCUT2D eigenvalue weighted by atomic mass is 10.0. The number of hydrogen-bond acceptors (Lipinski definition) is 2. The molecule has 23 heavy (non-hydrogen) atoms. The van der Waals surface area contributed by atoms with Crippen molar-refractivity contribution in [2.75, 3.05) is 0 Å². The first-order valence-corrected chi connectivity index (χ1v) is 11.6. The first kappa shape index (κ1) is 18.7. The SMILES string of the molecule is CC(C)[Si](C[C@H]1C[C@@H](O)[C@H](c2ccccc2)O1)(C(C)C)C(C)C. The molecule has 0 aromatic heterocycles. The van der Waals surface area contributed by atoms with Crippen LogP contribution in [0.2, 0.25) is 22.7 Å². The summed E-state index contributed by atoms with van der Waals surface area (Å²) in [6.45, 7) is 14.4. The molecule has 1 N–H and O–H groups in total. The highest BCUT2D eigenvalue weighted by Gasteiger charge is 2.47. The Balaban J connectivity index is 2.17. The summed E-state index contributed by atoms with van der Waals surface area (Å²) in [5, 5.41) is 10.5. The van der Waals surface area contributed by atoms with Crippen LogP contribution in [0.3, 0.4) is 0 Å². The molecule has 1 aliphatic rings. The summed E-state index contributed by atoms with van der Waals surface area (Å²) in [5.41, 5.74) is 3.31. The van der Waals surface area contributed by atoms with Crippen molar-refractivity contribution in [3.63, 3.8) is 0 Å². The van der Waals surface area contributed by atoms with Crippen LogP contribution in [-0.4, -0.2) is 25.4 Å². The van der Waals surface area contributed by atoms with Gasteiger partial charge in [0.2, 0.25) is 0 Å². The normalized spacial score (nSPS) is 25.7. The van der Waals surface area contributed by atoms with E-state index in [9.17, 15) is 5.11 Å². The zero-order chi connectivity index (χ0) is 17.2. The quantitative estimate of drug-likeness (QED) is 0.690. The van der Waals surface area contributed by atoms with Crippen LogP contribution in [0.4, 0.5) is 0 Å². The van der Waals surface area contributed by atoms with Gasteiger partial charge in [0.1, 0.15) is 6.10 Å². The molecule has 0 amide bonds. The number of benzene rings is 1. The molecule has 0 aliphatic carbocycles. The second kappa shape index (κ2) is 7.50. The summed E-state index contributed by atoms with van der Waals surface area (Å²) in [6, 6.07) is 11.3. The molecule has 1 aromatic carbocycles. The highest BCUT2D eigenvalue weighted by Crippen LogP contribution is 2.48. The molecule has 2 rings (SSSR count). The van der Waals surface area contributed by atoms with Crippen LogP contribution in [0.5, 0.6) is 0 Å². The zero-order valence-electron chi connectivity index (χ0n) is 15.6. The first-order valence-electron chi connectivity index (χ1n) is 9.17. The molecule has 130 valence electrons. The van der Waals surface area contributed by atoms with E-state index in [-0.39, 0.29) is 18.3 Å². The van der Waals surface area contributed by atoms with Gasteiger partial charge in [0, 0.05) is 6.42 Å². The number of aliphatic hydroxyl groups excluding tert-OH is 1. The number of hydrogen-bond donors (Lipinski definition) is 1. The van der Waals surface area contributed by atoms with E-state index in [1.165, 1.54) is 6.04 Å². The predicted molar refractivity (Wildman–Crippen MR) is 101 cm³/mol. The fraction of sp³-hybridized carbons (Fsp3) is 0.700. The molecule has 2 nitrogen and oxygen atoms in total. The highest BCUT2D eigenvalue weighted by atomic mass is 28.3. The molecule has 0 saturated carbocycles. The van der Waals surface area contributed by atoms with E-state index < -0.39 is 8.07 Å². The van der Waals surface area contributed by atoms with Crippen molar-refractivity contribution in [3.8, 4) is 0 Å². The maximum atomic E-state index is 10.5. The van der Waals surface area contributed by atoms with E-state index in [1.807, 2.05) is 18.2 Å². The average molecular weight is 335 g/mol. The van der Waals surface area contributed by atoms with E-state index in [0.29, 0.717) is 0 Å². The summed E-state index contributed by atoms with van der Waals surface area (Å²) < 4.78 is 6.35. The molecule has 0 unspecified atom stereocenters. The van der Waals surface area contributed by atoms with E-state index >= 15 is 0 Å². The fourth-order valence-corrected chi connectivity index (χ4v) is 11.4. The second-order valence-electron chi connectivity index (χ2n) is 8.17. The first-order chi connectivity index (χ1) is 10.8. The van der Waals surface area contributed by atoms with Crippen LogP contribution in [0.25, 0.3) is 0 Å². The lowest BCUT2D eigenvalue weighted by Gasteiger charge is -2.44. The Kier molecular flexibility index (Phi) is 6.09. The van der Waals surface area contributed by atoms with Gasteiger partial charge in [-0.25, -0.2) is 0 Å². The fourth-order valence-electron chi connectivity index (χ4n) is 4.92. The molecule has 3 heteroatoms. The van der Waals surface area contributed by atoms with E-state index in [4.69, 9.17) is 4.74 Å². The third kappa shape index (κ3) is 3.72. The molecule has 1 aromatic rings. The van der Waals surface area contributed by atoms with Gasteiger partial charge in [-0.2, -0.15) is 0 Å². The monoisotopic (exact) mass is 334 g/mol. The van der Waals surface area contributed by atoms with Gasteiger partial charge >= 0.3 is 0 Å². The van der Waals surface area contributed by atoms with Gasteiger partial charge in [-0.05, 0) is 11.6 Å². The van der Waals surface area contributed by atoms with Crippen LogP contribution in [-0.2, 0) is 4.74 Å². The minimum atomic E-state index is -1.49. The van der Waals surface area contributed by atoms with Crippen molar-refractivity contribution in [3.05, 3.63) is 35.9 Å². The predicted octanol–water partition coefficient (Wildman–Crippen LogP) is 5.56. The summed E-state index contributed by atoms with van der Waals surface area (Å²) in [7, 11) is -1.49. The largest absolute Gasteiger partial charge is 0.390 e. The Bertz CT molecular complexity index is 462. The molecule has 0 spiro atoms.